The summed E-state index contributed by atoms with van der Waals surface area (Å²) in [5, 5.41) is 2.60. The van der Waals surface area contributed by atoms with Gasteiger partial charge in [0.1, 0.15) is 11.9 Å². The van der Waals surface area contributed by atoms with Gasteiger partial charge in [-0.2, -0.15) is 13.2 Å². The molecule has 4 rings (SSSR count). The number of alkyl halides is 3. The molecule has 1 unspecified atom stereocenters. The highest BCUT2D eigenvalue weighted by Gasteiger charge is 2.34. The minimum Gasteiger partial charge on any atom is -0.312 e. The lowest BCUT2D eigenvalue weighted by Gasteiger charge is -2.15. The molecule has 4 aromatic rings. The zero-order valence-electron chi connectivity index (χ0n) is 21.1. The van der Waals surface area contributed by atoms with Crippen LogP contribution in [0, 0.1) is 0 Å². The topological polar surface area (TPSA) is 147 Å². The molecule has 39 heavy (non-hydrogen) atoms. The molecule has 0 fully saturated rings. The van der Waals surface area contributed by atoms with Crippen LogP contribution >= 0.6 is 0 Å². The van der Waals surface area contributed by atoms with E-state index in [-0.39, 0.29) is 40.4 Å². The van der Waals surface area contributed by atoms with Crippen molar-refractivity contribution in [2.24, 2.45) is 7.05 Å². The van der Waals surface area contributed by atoms with E-state index >= 15 is 0 Å². The summed E-state index contributed by atoms with van der Waals surface area (Å²) in [6.45, 7) is 2.91. The highest BCUT2D eigenvalue weighted by Crippen LogP contribution is 2.27. The smallest absolute Gasteiger partial charge is 0.312 e. The number of carbonyl (C=O) groups excluding carboxylic acids is 2. The Hall–Kier alpha value is -4.69. The molecule has 0 bridgehead atoms. The molecule has 0 aliphatic rings. The second kappa shape index (κ2) is 10.6. The van der Waals surface area contributed by atoms with Crippen molar-refractivity contribution in [3.05, 3.63) is 63.6 Å². The average Bonchev–Trinajstić information content (AvgIpc) is 3.35. The van der Waals surface area contributed by atoms with Gasteiger partial charge in [0.25, 0.3) is 5.56 Å². The number of pyridine rings is 1. The summed E-state index contributed by atoms with van der Waals surface area (Å²) >= 11 is 0. The Morgan fingerprint density at radius 1 is 1.10 bits per heavy atom. The summed E-state index contributed by atoms with van der Waals surface area (Å²) in [5.74, 6) is -2.08. The quantitative estimate of drug-likeness (QED) is 0.356. The molecule has 204 valence electrons. The summed E-state index contributed by atoms with van der Waals surface area (Å²) in [7, 11) is 1.41. The van der Waals surface area contributed by atoms with E-state index in [2.05, 4.69) is 25.3 Å². The molecule has 1 amide bonds. The van der Waals surface area contributed by atoms with Crippen LogP contribution in [-0.4, -0.2) is 45.3 Å². The third-order valence-corrected chi connectivity index (χ3v) is 5.92. The Morgan fingerprint density at radius 2 is 1.79 bits per heavy atom. The maximum Gasteiger partial charge on any atom is 0.451 e. The van der Waals surface area contributed by atoms with E-state index in [0.717, 1.165) is 21.5 Å². The van der Waals surface area contributed by atoms with Crippen molar-refractivity contribution in [2.45, 2.75) is 45.5 Å². The molecule has 0 saturated carbocycles. The first-order valence-electron chi connectivity index (χ1n) is 11.8. The summed E-state index contributed by atoms with van der Waals surface area (Å²) in [4.78, 5) is 66.1. The Labute approximate surface area is 218 Å². The van der Waals surface area contributed by atoms with Crippen LogP contribution in [0.4, 0.5) is 19.0 Å². The molecule has 1 atom stereocenters. The first-order chi connectivity index (χ1) is 18.4. The molecular weight excluding hydrogens is 521 g/mol. The number of fused-ring (bicyclic) bond motifs is 1. The lowest BCUT2D eigenvalue weighted by molar-refractivity contribution is -0.145. The van der Waals surface area contributed by atoms with Crippen molar-refractivity contribution in [1.29, 1.82) is 0 Å². The summed E-state index contributed by atoms with van der Waals surface area (Å²) in [6, 6.07) is 3.52. The summed E-state index contributed by atoms with van der Waals surface area (Å²) < 4.78 is 41.5. The molecule has 15 heteroatoms. The van der Waals surface area contributed by atoms with Gasteiger partial charge in [0, 0.05) is 31.4 Å². The van der Waals surface area contributed by atoms with Crippen LogP contribution in [0.3, 0.4) is 0 Å². The number of carbonyl (C=O) groups is 2. The van der Waals surface area contributed by atoms with Crippen molar-refractivity contribution in [3.63, 3.8) is 0 Å². The molecule has 0 aromatic carbocycles. The number of Topliss-reactive ketones (excluding diaryl/α,β-unsaturated/α-hetero) is 1. The third-order valence-electron chi connectivity index (χ3n) is 5.92. The van der Waals surface area contributed by atoms with Crippen molar-refractivity contribution in [3.8, 4) is 11.3 Å². The maximum absolute atomic E-state index is 13.2. The van der Waals surface area contributed by atoms with Crippen molar-refractivity contribution in [2.75, 3.05) is 5.32 Å². The molecule has 0 aliphatic carbocycles. The van der Waals surface area contributed by atoms with Gasteiger partial charge in [0.2, 0.25) is 11.7 Å². The number of amides is 1. The van der Waals surface area contributed by atoms with Crippen LogP contribution in [-0.2, 0) is 29.4 Å². The number of imidazole rings is 1. The summed E-state index contributed by atoms with van der Waals surface area (Å²) in [6.07, 6.45) is -0.717. The normalized spacial score (nSPS) is 12.5. The number of nitrogens with one attached hydrogen (secondary N) is 1. The van der Waals surface area contributed by atoms with Gasteiger partial charge in [-0.3, -0.25) is 23.5 Å². The first kappa shape index (κ1) is 27.3. The minimum absolute atomic E-state index is 0.0346. The Kier molecular flexibility index (Phi) is 7.42. The highest BCUT2D eigenvalue weighted by molar-refractivity contribution is 5.93. The number of halogens is 3. The molecular formula is C24H23F3N8O4. The number of anilines is 1. The van der Waals surface area contributed by atoms with Gasteiger partial charge in [-0.25, -0.2) is 24.7 Å². The van der Waals surface area contributed by atoms with Crippen LogP contribution in [0.2, 0.25) is 0 Å². The largest absolute Gasteiger partial charge is 0.451 e. The minimum atomic E-state index is -4.68. The van der Waals surface area contributed by atoms with E-state index in [4.69, 9.17) is 0 Å². The molecule has 0 spiro atoms. The molecule has 0 saturated heterocycles. The van der Waals surface area contributed by atoms with Gasteiger partial charge in [-0.05, 0) is 25.5 Å². The van der Waals surface area contributed by atoms with Crippen LogP contribution in [0.15, 0.2) is 46.5 Å². The zero-order valence-corrected chi connectivity index (χ0v) is 21.1. The SMILES string of the molecule is CCCC(=O)Cn1c(=O)c2c(ncn2C(C)C(=O)Nc2cccc(-c3cnc(C(F)(F)F)nc3)n2)n(C)c1=O. The van der Waals surface area contributed by atoms with E-state index in [1.54, 1.807) is 6.92 Å². The number of aryl methyl sites for hydroxylation is 1. The van der Waals surface area contributed by atoms with Crippen molar-refractivity contribution in [1.82, 2.24) is 33.6 Å². The molecule has 1 N–H and O–H groups in total. The van der Waals surface area contributed by atoms with E-state index in [0.29, 0.717) is 6.42 Å². The number of aromatic nitrogens is 7. The fraction of sp³-hybridized carbons (Fsp3) is 0.333. The monoisotopic (exact) mass is 544 g/mol. The highest BCUT2D eigenvalue weighted by atomic mass is 19.4. The number of ketones is 1. The van der Waals surface area contributed by atoms with Crippen LogP contribution in [0.1, 0.15) is 38.6 Å². The second-order valence-electron chi connectivity index (χ2n) is 8.71. The molecule has 4 heterocycles. The Morgan fingerprint density at radius 3 is 2.44 bits per heavy atom. The summed E-state index contributed by atoms with van der Waals surface area (Å²) in [5.41, 5.74) is -1.02. The number of nitrogens with zero attached hydrogens (tertiary/aromatic N) is 7. The van der Waals surface area contributed by atoms with Crippen LogP contribution < -0.4 is 16.6 Å². The Bertz CT molecular complexity index is 1670. The van der Waals surface area contributed by atoms with E-state index in [1.807, 2.05) is 0 Å². The standard InChI is InChI=1S/C24H23F3N8O4/c1-4-6-15(36)11-34-21(38)18-19(33(3)23(34)39)30-12-35(18)13(2)20(37)32-17-8-5-7-16(31-17)14-9-28-22(29-10-14)24(25,26)27/h5,7-10,12-13H,4,6,11H2,1-3H3,(H,31,32,37). The first-order valence-corrected chi connectivity index (χ1v) is 11.8. The van der Waals surface area contributed by atoms with E-state index in [9.17, 15) is 32.3 Å². The van der Waals surface area contributed by atoms with Crippen molar-refractivity contribution >= 4 is 28.7 Å². The van der Waals surface area contributed by atoms with Crippen LogP contribution in [0.5, 0.6) is 0 Å². The number of hydrogen-bond acceptors (Lipinski definition) is 8. The zero-order chi connectivity index (χ0) is 28.5. The van der Waals surface area contributed by atoms with Gasteiger partial charge >= 0.3 is 11.9 Å². The lowest BCUT2D eigenvalue weighted by Crippen LogP contribution is -2.41. The molecule has 12 nitrogen and oxygen atoms in total. The second-order valence-corrected chi connectivity index (χ2v) is 8.71. The number of hydrogen-bond donors (Lipinski definition) is 1. The predicted molar refractivity (Wildman–Crippen MR) is 133 cm³/mol. The Balaban J connectivity index is 1.62. The van der Waals surface area contributed by atoms with Gasteiger partial charge in [0.15, 0.2) is 16.9 Å². The molecule has 0 aliphatic heterocycles. The fourth-order valence-electron chi connectivity index (χ4n) is 3.89. The maximum atomic E-state index is 13.2. The molecule has 0 radical (unpaired) electrons. The van der Waals surface area contributed by atoms with Gasteiger partial charge in [-0.1, -0.05) is 13.0 Å². The lowest BCUT2D eigenvalue weighted by atomic mass is 10.2. The van der Waals surface area contributed by atoms with E-state index in [1.165, 1.54) is 43.1 Å². The van der Waals surface area contributed by atoms with Gasteiger partial charge < -0.3 is 9.88 Å². The van der Waals surface area contributed by atoms with Gasteiger partial charge in [0.05, 0.1) is 18.6 Å². The molecule has 4 aromatic heterocycles. The van der Waals surface area contributed by atoms with E-state index < -0.39 is 41.7 Å². The number of rotatable bonds is 8. The van der Waals surface area contributed by atoms with Crippen LogP contribution in [0.25, 0.3) is 22.4 Å². The predicted octanol–water partition coefficient (Wildman–Crippen LogP) is 2.34. The van der Waals surface area contributed by atoms with Crippen molar-refractivity contribution < 1.29 is 22.8 Å². The third kappa shape index (κ3) is 5.46. The van der Waals surface area contributed by atoms with Gasteiger partial charge in [-0.15, -0.1) is 0 Å². The fourth-order valence-corrected chi connectivity index (χ4v) is 3.89. The average molecular weight is 544 g/mol.